The van der Waals surface area contributed by atoms with Gasteiger partial charge in [0.1, 0.15) is 5.82 Å². The van der Waals surface area contributed by atoms with E-state index in [0.717, 1.165) is 51.5 Å². The molecule has 0 saturated carbocycles. The van der Waals surface area contributed by atoms with E-state index in [1.165, 1.54) is 5.56 Å². The molecule has 1 fully saturated rings. The molecule has 1 saturated heterocycles. The lowest BCUT2D eigenvalue weighted by Crippen LogP contribution is -2.50. The molecule has 6 nitrogen and oxygen atoms in total. The van der Waals surface area contributed by atoms with Crippen LogP contribution in [0.2, 0.25) is 0 Å². The largest absolute Gasteiger partial charge is 0.355 e. The molecule has 0 atom stereocenters. The summed E-state index contributed by atoms with van der Waals surface area (Å²) in [4.78, 5) is 21.1. The van der Waals surface area contributed by atoms with Gasteiger partial charge in [0.15, 0.2) is 0 Å². The number of nitrogens with one attached hydrogen (secondary N) is 1. The van der Waals surface area contributed by atoms with Gasteiger partial charge in [-0.25, -0.2) is 4.98 Å². The molecule has 0 aliphatic carbocycles. The van der Waals surface area contributed by atoms with E-state index in [2.05, 4.69) is 36.8 Å². The molecular formula is C20H29N5O. The predicted molar refractivity (Wildman–Crippen MR) is 103 cm³/mol. The highest BCUT2D eigenvalue weighted by Crippen LogP contribution is 2.03. The number of carbonyl (C=O) groups excluding carboxylic acids is 1. The van der Waals surface area contributed by atoms with E-state index in [4.69, 9.17) is 0 Å². The Morgan fingerprint density at radius 3 is 2.50 bits per heavy atom. The minimum atomic E-state index is 0.128. The molecule has 1 aromatic carbocycles. The van der Waals surface area contributed by atoms with Crippen LogP contribution in [0.4, 0.5) is 0 Å². The van der Waals surface area contributed by atoms with Crippen LogP contribution in [0.5, 0.6) is 0 Å². The molecule has 1 amide bonds. The normalized spacial score (nSPS) is 15.9. The highest BCUT2D eigenvalue weighted by Gasteiger charge is 2.18. The van der Waals surface area contributed by atoms with Crippen LogP contribution >= 0.6 is 0 Å². The number of amides is 1. The average molecular weight is 355 g/mol. The molecule has 1 aliphatic rings. The summed E-state index contributed by atoms with van der Waals surface area (Å²) in [6.07, 6.45) is 4.77. The fraction of sp³-hybridized carbons (Fsp3) is 0.500. The number of piperazine rings is 1. The molecule has 140 valence electrons. The summed E-state index contributed by atoms with van der Waals surface area (Å²) in [5.74, 6) is 1.19. The number of nitrogens with zero attached hydrogens (tertiary/aromatic N) is 4. The standard InChI is InChI=1S/C20H29N5O/c1-18-21-9-10-25(18)16-15-23-11-13-24(14-12-23)17-20(26)22-8-7-19-5-3-2-4-6-19/h2-6,9-10H,7-8,11-17H2,1H3,(H,22,26). The van der Waals surface area contributed by atoms with E-state index in [1.54, 1.807) is 0 Å². The Morgan fingerprint density at radius 1 is 1.08 bits per heavy atom. The number of aryl methyl sites for hydroxylation is 1. The van der Waals surface area contributed by atoms with E-state index in [9.17, 15) is 4.79 Å². The number of hydrogen-bond acceptors (Lipinski definition) is 4. The first-order valence-electron chi connectivity index (χ1n) is 9.44. The molecule has 1 aromatic heterocycles. The first-order chi connectivity index (χ1) is 12.7. The first-order valence-corrected chi connectivity index (χ1v) is 9.44. The fourth-order valence-electron chi connectivity index (χ4n) is 3.31. The quantitative estimate of drug-likeness (QED) is 0.772. The second kappa shape index (κ2) is 9.50. The van der Waals surface area contributed by atoms with Crippen molar-refractivity contribution in [1.82, 2.24) is 24.7 Å². The van der Waals surface area contributed by atoms with Gasteiger partial charge in [-0.05, 0) is 18.9 Å². The van der Waals surface area contributed by atoms with Crippen molar-refractivity contribution in [2.24, 2.45) is 0 Å². The minimum absolute atomic E-state index is 0.128. The summed E-state index contributed by atoms with van der Waals surface area (Å²) in [7, 11) is 0. The maximum Gasteiger partial charge on any atom is 0.234 e. The Balaban J connectivity index is 1.29. The van der Waals surface area contributed by atoms with E-state index < -0.39 is 0 Å². The van der Waals surface area contributed by atoms with Crippen LogP contribution in [-0.4, -0.2) is 71.1 Å². The Kier molecular flexibility index (Phi) is 6.80. The molecule has 1 N–H and O–H groups in total. The molecule has 0 unspecified atom stereocenters. The van der Waals surface area contributed by atoms with Crippen LogP contribution in [0, 0.1) is 6.92 Å². The van der Waals surface area contributed by atoms with Crippen LogP contribution in [-0.2, 0) is 17.8 Å². The average Bonchev–Trinajstić information content (AvgIpc) is 3.07. The lowest BCUT2D eigenvalue weighted by Gasteiger charge is -2.34. The molecule has 2 heterocycles. The SMILES string of the molecule is Cc1nccn1CCN1CCN(CC(=O)NCCc2ccccc2)CC1. The molecule has 0 spiro atoms. The summed E-state index contributed by atoms with van der Waals surface area (Å²) < 4.78 is 2.19. The third kappa shape index (κ3) is 5.68. The van der Waals surface area contributed by atoms with Gasteiger partial charge < -0.3 is 9.88 Å². The zero-order chi connectivity index (χ0) is 18.2. The summed E-state index contributed by atoms with van der Waals surface area (Å²) in [5, 5.41) is 3.04. The van der Waals surface area contributed by atoms with Crippen molar-refractivity contribution in [1.29, 1.82) is 0 Å². The molecule has 2 aromatic rings. The van der Waals surface area contributed by atoms with Crippen molar-refractivity contribution in [3.05, 3.63) is 54.1 Å². The first kappa shape index (κ1) is 18.6. The van der Waals surface area contributed by atoms with Gasteiger partial charge in [0.2, 0.25) is 5.91 Å². The van der Waals surface area contributed by atoms with E-state index in [0.29, 0.717) is 13.1 Å². The Labute approximate surface area is 155 Å². The van der Waals surface area contributed by atoms with Crippen molar-refractivity contribution < 1.29 is 4.79 Å². The third-order valence-electron chi connectivity index (χ3n) is 4.99. The highest BCUT2D eigenvalue weighted by molar-refractivity contribution is 5.78. The van der Waals surface area contributed by atoms with Gasteiger partial charge in [0.05, 0.1) is 6.54 Å². The Bertz CT molecular complexity index is 677. The van der Waals surface area contributed by atoms with Crippen LogP contribution < -0.4 is 5.32 Å². The van der Waals surface area contributed by atoms with Crippen LogP contribution in [0.1, 0.15) is 11.4 Å². The molecule has 1 aliphatic heterocycles. The summed E-state index contributed by atoms with van der Waals surface area (Å²) >= 11 is 0. The monoisotopic (exact) mass is 355 g/mol. The summed E-state index contributed by atoms with van der Waals surface area (Å²) in [6.45, 7) is 9.20. The van der Waals surface area contributed by atoms with E-state index in [1.807, 2.05) is 37.5 Å². The van der Waals surface area contributed by atoms with Crippen LogP contribution in [0.3, 0.4) is 0 Å². The molecule has 3 rings (SSSR count). The van der Waals surface area contributed by atoms with Crippen molar-refractivity contribution >= 4 is 5.91 Å². The summed E-state index contributed by atoms with van der Waals surface area (Å²) in [6, 6.07) is 10.3. The zero-order valence-corrected chi connectivity index (χ0v) is 15.6. The molecule has 6 heteroatoms. The van der Waals surface area contributed by atoms with Crippen molar-refractivity contribution in [3.63, 3.8) is 0 Å². The second-order valence-corrected chi connectivity index (χ2v) is 6.87. The van der Waals surface area contributed by atoms with Crippen molar-refractivity contribution in [2.45, 2.75) is 19.9 Å². The van der Waals surface area contributed by atoms with Gasteiger partial charge in [-0.1, -0.05) is 30.3 Å². The molecule has 0 bridgehead atoms. The van der Waals surface area contributed by atoms with Gasteiger partial charge in [-0.15, -0.1) is 0 Å². The predicted octanol–water partition coefficient (Wildman–Crippen LogP) is 1.17. The number of aromatic nitrogens is 2. The Morgan fingerprint density at radius 2 is 1.81 bits per heavy atom. The lowest BCUT2D eigenvalue weighted by molar-refractivity contribution is -0.122. The van der Waals surface area contributed by atoms with Crippen LogP contribution in [0.25, 0.3) is 0 Å². The van der Waals surface area contributed by atoms with Crippen molar-refractivity contribution in [2.75, 3.05) is 45.8 Å². The highest BCUT2D eigenvalue weighted by atomic mass is 16.2. The van der Waals surface area contributed by atoms with Gasteiger partial charge >= 0.3 is 0 Å². The lowest BCUT2D eigenvalue weighted by atomic mass is 10.1. The summed E-state index contributed by atoms with van der Waals surface area (Å²) in [5.41, 5.74) is 1.26. The smallest absolute Gasteiger partial charge is 0.234 e. The number of benzene rings is 1. The molecular weight excluding hydrogens is 326 g/mol. The third-order valence-corrected chi connectivity index (χ3v) is 4.99. The van der Waals surface area contributed by atoms with Gasteiger partial charge in [-0.2, -0.15) is 0 Å². The number of imidazole rings is 1. The van der Waals surface area contributed by atoms with Crippen molar-refractivity contribution in [3.8, 4) is 0 Å². The zero-order valence-electron chi connectivity index (χ0n) is 15.6. The second-order valence-electron chi connectivity index (χ2n) is 6.87. The number of hydrogen-bond donors (Lipinski definition) is 1. The minimum Gasteiger partial charge on any atom is -0.355 e. The van der Waals surface area contributed by atoms with Gasteiger partial charge in [0.25, 0.3) is 0 Å². The van der Waals surface area contributed by atoms with Gasteiger partial charge in [-0.3, -0.25) is 14.6 Å². The number of rotatable bonds is 8. The Hall–Kier alpha value is -2.18. The maximum absolute atomic E-state index is 12.1. The van der Waals surface area contributed by atoms with Gasteiger partial charge in [0, 0.05) is 58.2 Å². The van der Waals surface area contributed by atoms with E-state index >= 15 is 0 Å². The maximum atomic E-state index is 12.1. The molecule has 26 heavy (non-hydrogen) atoms. The molecule has 0 radical (unpaired) electrons. The van der Waals surface area contributed by atoms with E-state index in [-0.39, 0.29) is 5.91 Å². The fourth-order valence-corrected chi connectivity index (χ4v) is 3.31. The van der Waals surface area contributed by atoms with Crippen LogP contribution in [0.15, 0.2) is 42.7 Å². The number of carbonyl (C=O) groups is 1. The topological polar surface area (TPSA) is 53.4 Å².